The average Bonchev–Trinajstić information content (AvgIpc) is 2.88. The van der Waals surface area contributed by atoms with Crippen LogP contribution in [0.2, 0.25) is 0 Å². The maximum atomic E-state index is 12.5. The van der Waals surface area contributed by atoms with E-state index in [0.717, 1.165) is 17.0 Å². The number of hydrogen-bond donors (Lipinski definition) is 1. The van der Waals surface area contributed by atoms with Crippen LogP contribution >= 0.6 is 11.3 Å². The summed E-state index contributed by atoms with van der Waals surface area (Å²) < 4.78 is 1.34. The fourth-order valence-corrected chi connectivity index (χ4v) is 3.12. The van der Waals surface area contributed by atoms with Crippen molar-refractivity contribution in [3.63, 3.8) is 0 Å². The number of aromatic hydroxyl groups is 1. The lowest BCUT2D eigenvalue weighted by molar-refractivity contribution is 0.474. The highest BCUT2D eigenvalue weighted by Gasteiger charge is 2.22. The van der Waals surface area contributed by atoms with Gasteiger partial charge in [-0.2, -0.15) is 9.61 Å². The highest BCUT2D eigenvalue weighted by Crippen LogP contribution is 2.19. The fourth-order valence-electron chi connectivity index (χ4n) is 2.29. The largest absolute Gasteiger partial charge is 0.508 e. The van der Waals surface area contributed by atoms with Gasteiger partial charge in [0, 0.05) is 11.8 Å². The first kappa shape index (κ1) is 15.6. The van der Waals surface area contributed by atoms with Crippen molar-refractivity contribution in [1.82, 2.24) is 19.8 Å². The zero-order valence-corrected chi connectivity index (χ0v) is 14.1. The van der Waals surface area contributed by atoms with E-state index in [1.54, 1.807) is 12.1 Å². The number of phenols is 1. The van der Waals surface area contributed by atoms with Crippen LogP contribution in [0.25, 0.3) is 4.96 Å². The van der Waals surface area contributed by atoms with Crippen LogP contribution in [0.4, 0.5) is 0 Å². The van der Waals surface area contributed by atoms with Gasteiger partial charge in [-0.15, -0.1) is 10.2 Å². The first-order valence-electron chi connectivity index (χ1n) is 7.38. The van der Waals surface area contributed by atoms with Crippen LogP contribution in [0, 0.1) is 0 Å². The van der Waals surface area contributed by atoms with E-state index in [0.29, 0.717) is 17.1 Å². The Kier molecular flexibility index (Phi) is 3.89. The van der Waals surface area contributed by atoms with Gasteiger partial charge in [-0.05, 0) is 24.1 Å². The summed E-state index contributed by atoms with van der Waals surface area (Å²) in [5.74, 6) is 0.253. The van der Waals surface area contributed by atoms with Gasteiger partial charge in [-0.25, -0.2) is 0 Å². The van der Waals surface area contributed by atoms with Gasteiger partial charge in [-0.3, -0.25) is 4.79 Å². The molecule has 2 heterocycles. The molecule has 2 aromatic heterocycles. The quantitative estimate of drug-likeness (QED) is 0.797. The van der Waals surface area contributed by atoms with Crippen LogP contribution in [-0.2, 0) is 18.3 Å². The molecule has 0 amide bonds. The number of fused-ring (bicyclic) bond motifs is 1. The lowest BCUT2D eigenvalue weighted by Gasteiger charge is -2.14. The van der Waals surface area contributed by atoms with Crippen molar-refractivity contribution >= 4 is 16.3 Å². The summed E-state index contributed by atoms with van der Waals surface area (Å²) in [5.41, 5.74) is 0.872. The van der Waals surface area contributed by atoms with E-state index in [2.05, 4.69) is 15.3 Å². The molecule has 1 N–H and O–H groups in total. The van der Waals surface area contributed by atoms with Gasteiger partial charge in [0.15, 0.2) is 0 Å². The lowest BCUT2D eigenvalue weighted by atomic mass is 9.93. The molecule has 120 valence electrons. The maximum Gasteiger partial charge on any atom is 0.297 e. The minimum Gasteiger partial charge on any atom is -0.508 e. The van der Waals surface area contributed by atoms with Crippen molar-refractivity contribution in [2.45, 2.75) is 39.0 Å². The highest BCUT2D eigenvalue weighted by atomic mass is 32.1. The van der Waals surface area contributed by atoms with Gasteiger partial charge in [0.25, 0.3) is 5.56 Å². The van der Waals surface area contributed by atoms with Crippen molar-refractivity contribution in [3.05, 3.63) is 50.9 Å². The molecule has 0 bridgehead atoms. The second-order valence-corrected chi connectivity index (χ2v) is 7.50. The summed E-state index contributed by atoms with van der Waals surface area (Å²) in [5, 5.41) is 22.9. The normalized spacial score (nSPS) is 12.0. The summed E-state index contributed by atoms with van der Waals surface area (Å²) in [4.78, 5) is 13.0. The monoisotopic (exact) mass is 330 g/mol. The van der Waals surface area contributed by atoms with Crippen molar-refractivity contribution in [2.75, 3.05) is 0 Å². The molecule has 1 aromatic carbocycles. The van der Waals surface area contributed by atoms with Crippen LogP contribution in [0.1, 0.15) is 37.0 Å². The fraction of sp³-hybridized carbons (Fsp3) is 0.375. The smallest absolute Gasteiger partial charge is 0.297 e. The van der Waals surface area contributed by atoms with Crippen LogP contribution in [0.15, 0.2) is 29.1 Å². The Morgan fingerprint density at radius 2 is 2.00 bits per heavy atom. The van der Waals surface area contributed by atoms with E-state index < -0.39 is 0 Å². The summed E-state index contributed by atoms with van der Waals surface area (Å²) >= 11 is 1.37. The van der Waals surface area contributed by atoms with Crippen LogP contribution in [-0.4, -0.2) is 24.9 Å². The Hall–Kier alpha value is -2.28. The number of rotatable bonds is 3. The number of aromatic nitrogens is 4. The van der Waals surface area contributed by atoms with Crippen LogP contribution in [0.3, 0.4) is 0 Å². The predicted octanol–water partition coefficient (Wildman–Crippen LogP) is 2.33. The van der Waals surface area contributed by atoms with E-state index in [1.807, 2.05) is 32.9 Å². The number of benzene rings is 1. The average molecular weight is 330 g/mol. The second-order valence-electron chi connectivity index (χ2n) is 6.46. The van der Waals surface area contributed by atoms with E-state index >= 15 is 0 Å². The van der Waals surface area contributed by atoms with Crippen molar-refractivity contribution < 1.29 is 5.11 Å². The third kappa shape index (κ3) is 3.24. The van der Waals surface area contributed by atoms with Gasteiger partial charge >= 0.3 is 0 Å². The number of phenolic OH excluding ortho intramolecular Hbond substituents is 1. The van der Waals surface area contributed by atoms with Crippen molar-refractivity contribution in [1.29, 1.82) is 0 Å². The van der Waals surface area contributed by atoms with Crippen molar-refractivity contribution in [3.8, 4) is 5.75 Å². The molecule has 0 aliphatic carbocycles. The van der Waals surface area contributed by atoms with Crippen LogP contribution < -0.4 is 5.56 Å². The maximum absolute atomic E-state index is 12.5. The van der Waals surface area contributed by atoms with Gasteiger partial charge in [0.05, 0.1) is 0 Å². The Labute approximate surface area is 137 Å². The number of nitrogens with zero attached hydrogens (tertiary/aromatic N) is 4. The first-order valence-corrected chi connectivity index (χ1v) is 8.20. The molecular weight excluding hydrogens is 312 g/mol. The minimum absolute atomic E-state index is 0.206. The zero-order valence-electron chi connectivity index (χ0n) is 13.3. The standard InChI is InChI=1S/C16H18N4O2S/c1-16(2,3)13-14(22)20-15(18-17-13)23-12(19-20)8-7-10-5-4-6-11(21)9-10/h4-6,9,21H,7-8H2,1-3H3. The summed E-state index contributed by atoms with van der Waals surface area (Å²) in [7, 11) is 0. The Morgan fingerprint density at radius 3 is 2.70 bits per heavy atom. The molecule has 6 nitrogen and oxygen atoms in total. The molecule has 7 heteroatoms. The van der Waals surface area contributed by atoms with E-state index in [-0.39, 0.29) is 16.7 Å². The molecule has 23 heavy (non-hydrogen) atoms. The Balaban J connectivity index is 1.89. The Morgan fingerprint density at radius 1 is 1.22 bits per heavy atom. The van der Waals surface area contributed by atoms with Crippen molar-refractivity contribution in [2.24, 2.45) is 0 Å². The molecule has 0 atom stereocenters. The minimum atomic E-state index is -0.364. The molecule has 0 radical (unpaired) electrons. The van der Waals surface area contributed by atoms with Gasteiger partial charge < -0.3 is 5.11 Å². The summed E-state index contributed by atoms with van der Waals surface area (Å²) in [6.45, 7) is 5.79. The first-order chi connectivity index (χ1) is 10.8. The highest BCUT2D eigenvalue weighted by molar-refractivity contribution is 7.16. The van der Waals surface area contributed by atoms with E-state index in [1.165, 1.54) is 15.9 Å². The summed E-state index contributed by atoms with van der Waals surface area (Å²) in [6, 6.07) is 7.15. The third-order valence-corrected chi connectivity index (χ3v) is 4.44. The van der Waals surface area contributed by atoms with Crippen LogP contribution in [0.5, 0.6) is 5.75 Å². The molecule has 0 spiro atoms. The molecule has 3 rings (SSSR count). The molecule has 0 unspecified atom stereocenters. The number of aryl methyl sites for hydroxylation is 2. The predicted molar refractivity (Wildman–Crippen MR) is 89.1 cm³/mol. The third-order valence-electron chi connectivity index (χ3n) is 3.48. The molecular formula is C16H18N4O2S. The topological polar surface area (TPSA) is 80.4 Å². The molecule has 3 aromatic rings. The van der Waals surface area contributed by atoms with E-state index in [4.69, 9.17) is 0 Å². The molecule has 0 aliphatic rings. The van der Waals surface area contributed by atoms with Gasteiger partial charge in [0.2, 0.25) is 4.96 Å². The molecule has 0 saturated heterocycles. The molecule has 0 fully saturated rings. The second kappa shape index (κ2) is 5.73. The molecule has 0 aliphatic heterocycles. The molecule has 0 saturated carbocycles. The number of hydrogen-bond acceptors (Lipinski definition) is 6. The van der Waals surface area contributed by atoms with E-state index in [9.17, 15) is 9.90 Å². The SMILES string of the molecule is CC(C)(C)c1nnc2sc(CCc3cccc(O)c3)nn2c1=O. The Bertz CT molecular complexity index is 908. The van der Waals surface area contributed by atoms with Gasteiger partial charge in [-0.1, -0.05) is 44.2 Å². The zero-order chi connectivity index (χ0) is 16.6. The lowest BCUT2D eigenvalue weighted by Crippen LogP contribution is -2.30. The van der Waals surface area contributed by atoms with Gasteiger partial charge in [0.1, 0.15) is 16.5 Å². The summed E-state index contributed by atoms with van der Waals surface area (Å²) in [6.07, 6.45) is 1.42.